The second-order valence-electron chi connectivity index (χ2n) is 7.02. The summed E-state index contributed by atoms with van der Waals surface area (Å²) >= 11 is 1.19. The summed E-state index contributed by atoms with van der Waals surface area (Å²) in [6.07, 6.45) is -4.42. The highest BCUT2D eigenvalue weighted by Crippen LogP contribution is 2.37. The number of methoxy groups -OCH3 is 2. The molecule has 0 spiro atoms. The number of hydrogen-bond acceptors (Lipinski definition) is 5. The lowest BCUT2D eigenvalue weighted by Crippen LogP contribution is -2.08. The molecule has 0 aliphatic carbocycles. The van der Waals surface area contributed by atoms with Gasteiger partial charge in [0, 0.05) is 23.1 Å². The van der Waals surface area contributed by atoms with E-state index < -0.39 is 11.7 Å². The molecule has 0 fully saturated rings. The van der Waals surface area contributed by atoms with Gasteiger partial charge in [-0.2, -0.15) is 13.2 Å². The van der Waals surface area contributed by atoms with Gasteiger partial charge in [-0.3, -0.25) is 4.57 Å². The number of para-hydroxylation sites is 1. The number of rotatable bonds is 7. The molecule has 0 aliphatic heterocycles. The molecule has 0 amide bonds. The zero-order valence-corrected chi connectivity index (χ0v) is 18.7. The number of benzene rings is 3. The molecule has 0 radical (unpaired) electrons. The molecular weight excluding hydrogens is 451 g/mol. The molecule has 0 saturated heterocycles. The first-order valence-electron chi connectivity index (χ1n) is 9.93. The average Bonchev–Trinajstić information content (AvgIpc) is 3.26. The van der Waals surface area contributed by atoms with Crippen molar-refractivity contribution >= 4 is 11.8 Å². The lowest BCUT2D eigenvalue weighted by atomic mass is 10.1. The van der Waals surface area contributed by atoms with Crippen molar-refractivity contribution in [2.24, 2.45) is 0 Å². The van der Waals surface area contributed by atoms with Gasteiger partial charge in [0.25, 0.3) is 0 Å². The third-order valence-corrected chi connectivity index (χ3v) is 5.91. The van der Waals surface area contributed by atoms with Crippen LogP contribution in [0.3, 0.4) is 0 Å². The first kappa shape index (κ1) is 22.7. The number of nitrogens with zero attached hydrogens (tertiary/aromatic N) is 3. The van der Waals surface area contributed by atoms with Crippen molar-refractivity contribution < 1.29 is 22.6 Å². The Morgan fingerprint density at radius 3 is 2.12 bits per heavy atom. The van der Waals surface area contributed by atoms with Gasteiger partial charge in [-0.05, 0) is 35.9 Å². The molecule has 5 nitrogen and oxygen atoms in total. The molecule has 0 aliphatic rings. The highest BCUT2D eigenvalue weighted by atomic mass is 32.2. The van der Waals surface area contributed by atoms with Crippen LogP contribution in [-0.2, 0) is 11.9 Å². The summed E-state index contributed by atoms with van der Waals surface area (Å²) in [5.41, 5.74) is 1.01. The lowest BCUT2D eigenvalue weighted by Gasteiger charge is -2.14. The Kier molecular flexibility index (Phi) is 6.60. The standard InChI is InChI=1S/C24H20F3N3O2S/c1-31-19-12-17(13-20(14-19)32-2)22-28-29-23(30(22)18-9-4-3-5-10-18)33-15-16-8-6-7-11-21(16)24(25,26)27/h3-14H,15H2,1-2H3. The van der Waals surface area contributed by atoms with E-state index in [-0.39, 0.29) is 11.3 Å². The van der Waals surface area contributed by atoms with Crippen molar-refractivity contribution in [3.8, 4) is 28.6 Å². The van der Waals surface area contributed by atoms with E-state index in [2.05, 4.69) is 10.2 Å². The predicted octanol–water partition coefficient (Wildman–Crippen LogP) is 6.26. The fourth-order valence-corrected chi connectivity index (χ4v) is 4.32. The molecule has 0 atom stereocenters. The number of thioether (sulfide) groups is 1. The maximum atomic E-state index is 13.4. The third kappa shape index (κ3) is 4.98. The van der Waals surface area contributed by atoms with Crippen LogP contribution in [0, 0.1) is 0 Å². The highest BCUT2D eigenvalue weighted by molar-refractivity contribution is 7.98. The molecule has 1 heterocycles. The van der Waals surface area contributed by atoms with Crippen molar-refractivity contribution in [2.75, 3.05) is 14.2 Å². The van der Waals surface area contributed by atoms with Crippen LogP contribution in [0.1, 0.15) is 11.1 Å². The van der Waals surface area contributed by atoms with Crippen LogP contribution in [0.5, 0.6) is 11.5 Å². The predicted molar refractivity (Wildman–Crippen MR) is 121 cm³/mol. The van der Waals surface area contributed by atoms with Gasteiger partial charge in [0.2, 0.25) is 0 Å². The third-order valence-electron chi connectivity index (χ3n) is 4.94. The quantitative estimate of drug-likeness (QED) is 0.298. The summed E-state index contributed by atoms with van der Waals surface area (Å²) in [5, 5.41) is 9.12. The Labute approximate surface area is 193 Å². The van der Waals surface area contributed by atoms with E-state index in [0.717, 1.165) is 11.8 Å². The number of hydrogen-bond donors (Lipinski definition) is 0. The Bertz CT molecular complexity index is 1220. The zero-order valence-electron chi connectivity index (χ0n) is 17.8. The molecule has 33 heavy (non-hydrogen) atoms. The molecule has 0 bridgehead atoms. The lowest BCUT2D eigenvalue weighted by molar-refractivity contribution is -0.138. The molecule has 9 heteroatoms. The summed E-state index contributed by atoms with van der Waals surface area (Å²) in [6, 6.07) is 20.3. The van der Waals surface area contributed by atoms with Crippen LogP contribution in [0.15, 0.2) is 78.0 Å². The van der Waals surface area contributed by atoms with Gasteiger partial charge in [-0.15, -0.1) is 10.2 Å². The van der Waals surface area contributed by atoms with Gasteiger partial charge in [0.15, 0.2) is 11.0 Å². The van der Waals surface area contributed by atoms with E-state index in [1.54, 1.807) is 38.5 Å². The van der Waals surface area contributed by atoms with Gasteiger partial charge < -0.3 is 9.47 Å². The maximum absolute atomic E-state index is 13.4. The van der Waals surface area contributed by atoms with Crippen LogP contribution >= 0.6 is 11.8 Å². The molecule has 3 aromatic carbocycles. The van der Waals surface area contributed by atoms with Gasteiger partial charge in [-0.1, -0.05) is 48.2 Å². The smallest absolute Gasteiger partial charge is 0.416 e. The Hall–Kier alpha value is -3.46. The van der Waals surface area contributed by atoms with Gasteiger partial charge in [0.05, 0.1) is 19.8 Å². The second-order valence-corrected chi connectivity index (χ2v) is 7.96. The van der Waals surface area contributed by atoms with Crippen molar-refractivity contribution in [2.45, 2.75) is 17.1 Å². The van der Waals surface area contributed by atoms with E-state index in [9.17, 15) is 13.2 Å². The van der Waals surface area contributed by atoms with Crippen molar-refractivity contribution in [1.82, 2.24) is 14.8 Å². The van der Waals surface area contributed by atoms with E-state index in [4.69, 9.17) is 9.47 Å². The van der Waals surface area contributed by atoms with E-state index in [1.165, 1.54) is 23.9 Å². The molecule has 0 saturated carbocycles. The zero-order chi connectivity index (χ0) is 23.4. The normalized spacial score (nSPS) is 11.4. The fourth-order valence-electron chi connectivity index (χ4n) is 3.36. The monoisotopic (exact) mass is 471 g/mol. The van der Waals surface area contributed by atoms with Crippen molar-refractivity contribution in [3.05, 3.63) is 83.9 Å². The minimum atomic E-state index is -4.42. The van der Waals surface area contributed by atoms with Crippen molar-refractivity contribution in [1.29, 1.82) is 0 Å². The SMILES string of the molecule is COc1cc(OC)cc(-c2nnc(SCc3ccccc3C(F)(F)F)n2-c2ccccc2)c1. The number of alkyl halides is 3. The second kappa shape index (κ2) is 9.58. The molecule has 0 N–H and O–H groups in total. The van der Waals surface area contributed by atoms with Gasteiger partial charge in [0.1, 0.15) is 11.5 Å². The largest absolute Gasteiger partial charge is 0.497 e. The summed E-state index contributed by atoms with van der Waals surface area (Å²) in [7, 11) is 3.11. The van der Waals surface area contributed by atoms with Crippen LogP contribution in [0.2, 0.25) is 0 Å². The first-order chi connectivity index (χ1) is 15.9. The molecule has 1 aromatic heterocycles. The minimum Gasteiger partial charge on any atom is -0.497 e. The van der Waals surface area contributed by atoms with Crippen LogP contribution in [0.25, 0.3) is 17.1 Å². The van der Waals surface area contributed by atoms with Crippen LogP contribution < -0.4 is 9.47 Å². The summed E-state index contributed by atoms with van der Waals surface area (Å²) in [6.45, 7) is 0. The van der Waals surface area contributed by atoms with E-state index in [0.29, 0.717) is 28.0 Å². The Balaban J connectivity index is 1.77. The topological polar surface area (TPSA) is 49.2 Å². The number of ether oxygens (including phenoxy) is 2. The summed E-state index contributed by atoms with van der Waals surface area (Å²) in [5.74, 6) is 1.77. The first-order valence-corrected chi connectivity index (χ1v) is 10.9. The van der Waals surface area contributed by atoms with E-state index >= 15 is 0 Å². The highest BCUT2D eigenvalue weighted by Gasteiger charge is 2.33. The average molecular weight is 472 g/mol. The molecular formula is C24H20F3N3O2S. The van der Waals surface area contributed by atoms with Crippen LogP contribution in [-0.4, -0.2) is 29.0 Å². The van der Waals surface area contributed by atoms with Crippen LogP contribution in [0.4, 0.5) is 13.2 Å². The van der Waals surface area contributed by atoms with Crippen molar-refractivity contribution in [3.63, 3.8) is 0 Å². The molecule has 4 aromatic rings. The maximum Gasteiger partial charge on any atom is 0.416 e. The van der Waals surface area contributed by atoms with E-state index in [1.807, 2.05) is 34.9 Å². The molecule has 4 rings (SSSR count). The Morgan fingerprint density at radius 1 is 0.848 bits per heavy atom. The molecule has 0 unspecified atom stereocenters. The van der Waals surface area contributed by atoms with Gasteiger partial charge >= 0.3 is 6.18 Å². The molecule has 170 valence electrons. The Morgan fingerprint density at radius 2 is 1.48 bits per heavy atom. The number of aromatic nitrogens is 3. The van der Waals surface area contributed by atoms with Gasteiger partial charge in [-0.25, -0.2) is 0 Å². The summed E-state index contributed by atoms with van der Waals surface area (Å²) in [4.78, 5) is 0. The fraction of sp³-hybridized carbons (Fsp3) is 0.167. The minimum absolute atomic E-state index is 0.0854. The summed E-state index contributed by atoms with van der Waals surface area (Å²) < 4.78 is 52.8. The number of halogens is 3.